The monoisotopic (exact) mass is 280 g/mol. The molecular weight excluding hydrogens is 264 g/mol. The second-order valence-electron chi connectivity index (χ2n) is 2.78. The van der Waals surface area contributed by atoms with E-state index in [1.54, 1.807) is 21.6 Å². The fraction of sp³-hybridized carbons (Fsp3) is 0.500. The zero-order valence-corrected chi connectivity index (χ0v) is 11.6. The Kier molecular flexibility index (Phi) is 11.4. The summed E-state index contributed by atoms with van der Waals surface area (Å²) in [5, 5.41) is 10.3. The zero-order chi connectivity index (χ0) is 12.2. The molecule has 0 radical (unpaired) electrons. The van der Waals surface area contributed by atoms with E-state index in [9.17, 15) is 9.35 Å². The largest absolute Gasteiger partial charge is 0.616 e. The molecule has 0 aromatic rings. The van der Waals surface area contributed by atoms with Crippen molar-refractivity contribution in [2.75, 3.05) is 17.3 Å². The fourth-order valence-electron chi connectivity index (χ4n) is 0.684. The maximum absolute atomic E-state index is 11.3. The van der Waals surface area contributed by atoms with Crippen molar-refractivity contribution in [1.29, 1.82) is 0 Å². The van der Waals surface area contributed by atoms with Gasteiger partial charge in [-0.2, -0.15) is 0 Å². The van der Waals surface area contributed by atoms with Gasteiger partial charge < -0.3 is 9.66 Å². The molecule has 3 nitrogen and oxygen atoms in total. The molecule has 0 rings (SSSR count). The topological polar surface area (TPSA) is 60.4 Å². The highest BCUT2D eigenvalue weighted by Gasteiger charge is 2.06. The van der Waals surface area contributed by atoms with E-state index < -0.39 is 17.1 Å². The van der Waals surface area contributed by atoms with E-state index >= 15 is 0 Å². The van der Waals surface area contributed by atoms with Gasteiger partial charge >= 0.3 is 5.97 Å². The molecule has 0 aromatic heterocycles. The van der Waals surface area contributed by atoms with E-state index in [2.05, 4.69) is 6.08 Å². The van der Waals surface area contributed by atoms with Crippen molar-refractivity contribution in [3.8, 4) is 0 Å². The predicted octanol–water partition coefficient (Wildman–Crippen LogP) is 2.68. The van der Waals surface area contributed by atoms with E-state index in [4.69, 9.17) is 5.11 Å². The first-order valence-corrected chi connectivity index (χ1v) is 8.65. The molecule has 0 aliphatic heterocycles. The smallest absolute Gasteiger partial charge is 0.308 e. The third kappa shape index (κ3) is 12.0. The van der Waals surface area contributed by atoms with Gasteiger partial charge in [-0.1, -0.05) is 33.7 Å². The normalized spacial score (nSPS) is 13.6. The van der Waals surface area contributed by atoms with Crippen LogP contribution in [-0.2, 0) is 16.0 Å². The lowest BCUT2D eigenvalue weighted by molar-refractivity contribution is -0.136. The van der Waals surface area contributed by atoms with Gasteiger partial charge in [0.15, 0.2) is 0 Å². The van der Waals surface area contributed by atoms with E-state index in [0.29, 0.717) is 5.75 Å². The van der Waals surface area contributed by atoms with E-state index in [-0.39, 0.29) is 12.2 Å². The van der Waals surface area contributed by atoms with Crippen LogP contribution in [0.15, 0.2) is 23.6 Å². The van der Waals surface area contributed by atoms with Gasteiger partial charge in [0.05, 0.1) is 6.42 Å². The molecule has 0 amide bonds. The summed E-state index contributed by atoms with van der Waals surface area (Å²) in [5.41, 5.74) is 0. The van der Waals surface area contributed by atoms with Crippen LogP contribution < -0.4 is 0 Å². The second-order valence-corrected chi connectivity index (χ2v) is 6.72. The average molecular weight is 280 g/mol. The molecule has 1 atom stereocenters. The molecule has 0 fully saturated rings. The van der Waals surface area contributed by atoms with Gasteiger partial charge in [0.25, 0.3) is 0 Å². The van der Waals surface area contributed by atoms with E-state index in [1.807, 2.05) is 24.5 Å². The number of hydrogen-bond donors (Lipinski definition) is 1. The van der Waals surface area contributed by atoms with Crippen molar-refractivity contribution in [2.45, 2.75) is 13.3 Å². The molecule has 0 saturated carbocycles. The molecule has 16 heavy (non-hydrogen) atoms. The molecular formula is C10H16O3S3. The predicted molar refractivity (Wildman–Crippen MR) is 74.1 cm³/mol. The first-order valence-electron chi connectivity index (χ1n) is 4.78. The van der Waals surface area contributed by atoms with Crippen LogP contribution in [0, 0.1) is 0 Å². The number of carbonyl (C=O) groups is 1. The highest BCUT2D eigenvalue weighted by Crippen LogP contribution is 2.22. The Bertz CT molecular complexity index is 241. The van der Waals surface area contributed by atoms with Crippen LogP contribution in [0.25, 0.3) is 0 Å². The van der Waals surface area contributed by atoms with E-state index in [0.717, 1.165) is 5.75 Å². The Hall–Kier alpha value is -0.0400. The number of rotatable bonds is 9. The van der Waals surface area contributed by atoms with Crippen LogP contribution in [0.2, 0.25) is 0 Å². The summed E-state index contributed by atoms with van der Waals surface area (Å²) in [7, 11) is 3.29. The van der Waals surface area contributed by atoms with Gasteiger partial charge in [-0.05, 0) is 29.6 Å². The summed E-state index contributed by atoms with van der Waals surface area (Å²) in [6.45, 7) is 1.98. The Morgan fingerprint density at radius 2 is 2.25 bits per heavy atom. The second kappa shape index (κ2) is 11.4. The van der Waals surface area contributed by atoms with Crippen LogP contribution >= 0.6 is 21.6 Å². The van der Waals surface area contributed by atoms with Gasteiger partial charge in [-0.15, -0.1) is 0 Å². The van der Waals surface area contributed by atoms with Crippen molar-refractivity contribution in [3.63, 3.8) is 0 Å². The van der Waals surface area contributed by atoms with Crippen molar-refractivity contribution in [2.24, 2.45) is 0 Å². The Balaban J connectivity index is 3.40. The quantitative estimate of drug-likeness (QED) is 0.304. The summed E-state index contributed by atoms with van der Waals surface area (Å²) in [5.74, 6) is 0.724. The van der Waals surface area contributed by atoms with Crippen molar-refractivity contribution in [3.05, 3.63) is 23.6 Å². The number of hydrogen-bond acceptors (Lipinski definition) is 4. The fourth-order valence-corrected chi connectivity index (χ4v) is 3.23. The summed E-state index contributed by atoms with van der Waals surface area (Å²) in [6.07, 6.45) is 5.86. The molecule has 0 aliphatic rings. The van der Waals surface area contributed by atoms with Crippen LogP contribution in [0.3, 0.4) is 0 Å². The van der Waals surface area contributed by atoms with Gasteiger partial charge in [0, 0.05) is 5.75 Å². The lowest BCUT2D eigenvalue weighted by Gasteiger charge is -2.06. The third-order valence-electron chi connectivity index (χ3n) is 1.45. The first-order chi connectivity index (χ1) is 7.66. The highest BCUT2D eigenvalue weighted by atomic mass is 33.1. The summed E-state index contributed by atoms with van der Waals surface area (Å²) in [4.78, 5) is 10.2. The van der Waals surface area contributed by atoms with Gasteiger partial charge in [0.1, 0.15) is 11.5 Å². The van der Waals surface area contributed by atoms with Crippen LogP contribution in [0.4, 0.5) is 0 Å². The molecule has 0 aliphatic carbocycles. The Labute approximate surface area is 107 Å². The molecule has 1 N–H and O–H groups in total. The molecule has 0 spiro atoms. The molecule has 0 aromatic carbocycles. The zero-order valence-electron chi connectivity index (χ0n) is 9.13. The number of carboxylic acid groups (broad SMARTS) is 1. The summed E-state index contributed by atoms with van der Waals surface area (Å²) < 4.78 is 11.3. The minimum atomic E-state index is -1.05. The highest BCUT2D eigenvalue weighted by molar-refractivity contribution is 8.77. The molecule has 92 valence electrons. The van der Waals surface area contributed by atoms with Gasteiger partial charge in [-0.25, -0.2) is 0 Å². The summed E-state index contributed by atoms with van der Waals surface area (Å²) in [6, 6.07) is 0. The first kappa shape index (κ1) is 16.0. The molecule has 0 heterocycles. The van der Waals surface area contributed by atoms with Crippen molar-refractivity contribution in [1.82, 2.24) is 0 Å². The Morgan fingerprint density at radius 3 is 2.88 bits per heavy atom. The minimum Gasteiger partial charge on any atom is -0.616 e. The maximum Gasteiger partial charge on any atom is 0.308 e. The van der Waals surface area contributed by atoms with Crippen molar-refractivity contribution >= 4 is 38.7 Å². The number of aliphatic carboxylic acids is 1. The van der Waals surface area contributed by atoms with Crippen LogP contribution in [0.5, 0.6) is 0 Å². The molecule has 6 heteroatoms. The third-order valence-corrected chi connectivity index (χ3v) is 4.59. The number of allylic oxidation sites excluding steroid dienone is 1. The number of carboxylic acids is 1. The molecule has 0 bridgehead atoms. The maximum atomic E-state index is 11.3. The summed E-state index contributed by atoms with van der Waals surface area (Å²) >= 11 is -1.05. The standard InChI is InChI=1S/C10H16O3S3/c1-2-3-6-14-15-7-4-8-16(13)9-5-10(11)12/h2-4,7H,5-6,8-9H2,1H3,(H,11,12)/b3-2+,7-4+. The average Bonchev–Trinajstić information content (AvgIpc) is 2.25. The lowest BCUT2D eigenvalue weighted by Crippen LogP contribution is -2.12. The lowest BCUT2D eigenvalue weighted by atomic mass is 10.5. The van der Waals surface area contributed by atoms with Gasteiger partial charge in [-0.3, -0.25) is 4.79 Å². The molecule has 0 saturated heterocycles. The van der Waals surface area contributed by atoms with Crippen molar-refractivity contribution < 1.29 is 14.5 Å². The Morgan fingerprint density at radius 1 is 1.50 bits per heavy atom. The van der Waals surface area contributed by atoms with Crippen LogP contribution in [-0.4, -0.2) is 32.9 Å². The molecule has 1 unspecified atom stereocenters. The van der Waals surface area contributed by atoms with Crippen LogP contribution in [0.1, 0.15) is 13.3 Å². The SMILES string of the molecule is C/C=C/CSS/C=C/C[S+]([O-])CCC(=O)O. The van der Waals surface area contributed by atoms with Gasteiger partial charge in [0.2, 0.25) is 0 Å². The minimum absolute atomic E-state index is 0.0242. The van der Waals surface area contributed by atoms with E-state index in [1.165, 1.54) is 0 Å².